The van der Waals surface area contributed by atoms with Gasteiger partial charge in [-0.05, 0) is 5.56 Å². The molecule has 2 heterocycles. The van der Waals surface area contributed by atoms with Crippen LogP contribution in [0.3, 0.4) is 0 Å². The molecule has 0 saturated heterocycles. The summed E-state index contributed by atoms with van der Waals surface area (Å²) in [6.45, 7) is 1.36. The molecule has 0 saturated carbocycles. The first-order valence-electron chi connectivity index (χ1n) is 7.55. The Hall–Kier alpha value is -3.00. The largest absolute Gasteiger partial charge is 0.486 e. The first kappa shape index (κ1) is 13.6. The van der Waals surface area contributed by atoms with E-state index in [1.165, 1.54) is 5.56 Å². The molecular weight excluding hydrogens is 290 g/mol. The molecule has 5 nitrogen and oxygen atoms in total. The van der Waals surface area contributed by atoms with E-state index in [2.05, 4.69) is 18.2 Å². The zero-order valence-corrected chi connectivity index (χ0v) is 12.5. The Morgan fingerprint density at radius 1 is 1.09 bits per heavy atom. The number of ether oxygens (including phenoxy) is 2. The van der Waals surface area contributed by atoms with E-state index in [4.69, 9.17) is 14.5 Å². The average Bonchev–Trinajstić information content (AvgIpc) is 2.91. The third kappa shape index (κ3) is 2.49. The normalized spacial score (nSPS) is 13.0. The van der Waals surface area contributed by atoms with Crippen LogP contribution in [0.4, 0.5) is 0 Å². The molecule has 0 N–H and O–H groups in total. The van der Waals surface area contributed by atoms with Gasteiger partial charge < -0.3 is 14.0 Å². The number of nitrogens with zero attached hydrogens (tertiary/aromatic N) is 3. The lowest BCUT2D eigenvalue weighted by Crippen LogP contribution is -2.15. The minimum absolute atomic E-state index is 0.262. The maximum absolute atomic E-state index is 9.17. The van der Waals surface area contributed by atoms with Gasteiger partial charge in [0.25, 0.3) is 0 Å². The number of rotatable bonds is 3. The van der Waals surface area contributed by atoms with Crippen LogP contribution in [0, 0.1) is 11.3 Å². The van der Waals surface area contributed by atoms with Crippen LogP contribution in [0.15, 0.2) is 42.5 Å². The summed E-state index contributed by atoms with van der Waals surface area (Å²) in [5, 5.41) is 9.17. The predicted molar refractivity (Wildman–Crippen MR) is 85.6 cm³/mol. The van der Waals surface area contributed by atoms with Gasteiger partial charge in [0, 0.05) is 18.6 Å². The van der Waals surface area contributed by atoms with E-state index < -0.39 is 0 Å². The molecule has 0 spiro atoms. The third-order valence-electron chi connectivity index (χ3n) is 3.93. The Balaban J connectivity index is 1.83. The van der Waals surface area contributed by atoms with Crippen molar-refractivity contribution in [3.8, 4) is 17.6 Å². The van der Waals surface area contributed by atoms with Gasteiger partial charge in [0.2, 0.25) is 0 Å². The molecule has 4 rings (SSSR count). The Morgan fingerprint density at radius 2 is 1.83 bits per heavy atom. The molecule has 0 amide bonds. The third-order valence-corrected chi connectivity index (χ3v) is 3.93. The van der Waals surface area contributed by atoms with Gasteiger partial charge >= 0.3 is 0 Å². The molecule has 1 aliphatic rings. The van der Waals surface area contributed by atoms with Crippen LogP contribution in [-0.4, -0.2) is 22.8 Å². The molecule has 114 valence electrons. The molecule has 0 fully saturated rings. The van der Waals surface area contributed by atoms with Crippen LogP contribution in [0.25, 0.3) is 11.0 Å². The number of hydrogen-bond donors (Lipinski definition) is 0. The summed E-state index contributed by atoms with van der Waals surface area (Å²) in [5.74, 6) is 2.31. The van der Waals surface area contributed by atoms with Crippen molar-refractivity contribution in [3.05, 3.63) is 53.9 Å². The highest BCUT2D eigenvalue weighted by molar-refractivity contribution is 5.81. The fourth-order valence-electron chi connectivity index (χ4n) is 2.87. The quantitative estimate of drug-likeness (QED) is 0.746. The predicted octanol–water partition coefficient (Wildman–Crippen LogP) is 2.92. The summed E-state index contributed by atoms with van der Waals surface area (Å²) < 4.78 is 13.2. The number of nitriles is 1. The first-order chi connectivity index (χ1) is 11.3. The Labute approximate surface area is 133 Å². The van der Waals surface area contributed by atoms with Crippen molar-refractivity contribution in [3.63, 3.8) is 0 Å². The summed E-state index contributed by atoms with van der Waals surface area (Å²) in [6, 6.07) is 16.2. The van der Waals surface area contributed by atoms with Crippen LogP contribution in [0.1, 0.15) is 11.4 Å². The molecule has 3 aromatic rings. The van der Waals surface area contributed by atoms with Crippen molar-refractivity contribution >= 4 is 11.0 Å². The lowest BCUT2D eigenvalue weighted by molar-refractivity contribution is 0.172. The first-order valence-corrected chi connectivity index (χ1v) is 7.55. The number of aromatic nitrogens is 2. The second-order valence-corrected chi connectivity index (χ2v) is 5.42. The van der Waals surface area contributed by atoms with Crippen molar-refractivity contribution in [2.45, 2.75) is 13.0 Å². The second-order valence-electron chi connectivity index (χ2n) is 5.42. The maximum atomic E-state index is 9.17. The molecule has 0 atom stereocenters. The smallest absolute Gasteiger partial charge is 0.163 e. The molecule has 2 aromatic carbocycles. The highest BCUT2D eigenvalue weighted by Crippen LogP contribution is 2.35. The van der Waals surface area contributed by atoms with Crippen molar-refractivity contribution < 1.29 is 9.47 Å². The van der Waals surface area contributed by atoms with E-state index in [-0.39, 0.29) is 6.54 Å². The molecule has 0 aliphatic carbocycles. The maximum Gasteiger partial charge on any atom is 0.163 e. The molecule has 23 heavy (non-hydrogen) atoms. The van der Waals surface area contributed by atoms with Crippen molar-refractivity contribution in [1.29, 1.82) is 5.26 Å². The number of imidazole rings is 1. The highest BCUT2D eigenvalue weighted by Gasteiger charge is 2.18. The van der Waals surface area contributed by atoms with E-state index in [0.717, 1.165) is 22.6 Å². The zero-order valence-electron chi connectivity index (χ0n) is 12.5. The molecule has 0 radical (unpaired) electrons. The molecule has 0 unspecified atom stereocenters. The van der Waals surface area contributed by atoms with Gasteiger partial charge in [-0.25, -0.2) is 4.98 Å². The van der Waals surface area contributed by atoms with Crippen LogP contribution < -0.4 is 9.47 Å². The lowest BCUT2D eigenvalue weighted by atomic mass is 10.1. The van der Waals surface area contributed by atoms with E-state index >= 15 is 0 Å². The topological polar surface area (TPSA) is 60.1 Å². The van der Waals surface area contributed by atoms with Gasteiger partial charge in [0.15, 0.2) is 11.5 Å². The Kier molecular flexibility index (Phi) is 3.35. The van der Waals surface area contributed by atoms with E-state index in [9.17, 15) is 5.26 Å². The van der Waals surface area contributed by atoms with Gasteiger partial charge in [-0.2, -0.15) is 5.26 Å². The highest BCUT2D eigenvalue weighted by atomic mass is 16.6. The zero-order chi connectivity index (χ0) is 15.6. The van der Waals surface area contributed by atoms with Crippen molar-refractivity contribution in [2.24, 2.45) is 0 Å². The number of hydrogen-bond acceptors (Lipinski definition) is 4. The molecule has 1 aliphatic heterocycles. The van der Waals surface area contributed by atoms with Gasteiger partial charge in [-0.1, -0.05) is 30.3 Å². The van der Waals surface area contributed by atoms with E-state index in [0.29, 0.717) is 25.4 Å². The lowest BCUT2D eigenvalue weighted by Gasteiger charge is -2.18. The Bertz CT molecular complexity index is 894. The molecule has 0 bridgehead atoms. The summed E-state index contributed by atoms with van der Waals surface area (Å²) in [6.07, 6.45) is 0.684. The van der Waals surface area contributed by atoms with E-state index in [1.807, 2.05) is 34.9 Å². The van der Waals surface area contributed by atoms with Gasteiger partial charge in [-0.3, -0.25) is 0 Å². The summed E-state index contributed by atoms with van der Waals surface area (Å²) in [7, 11) is 0. The Morgan fingerprint density at radius 3 is 2.57 bits per heavy atom. The van der Waals surface area contributed by atoms with E-state index in [1.54, 1.807) is 0 Å². The van der Waals surface area contributed by atoms with Gasteiger partial charge in [0.1, 0.15) is 25.6 Å². The summed E-state index contributed by atoms with van der Waals surface area (Å²) >= 11 is 0. The SMILES string of the molecule is N#CCn1c(Cc2ccccc2)nc2cc3c(cc21)OCCO3. The fourth-order valence-corrected chi connectivity index (χ4v) is 2.87. The molecule has 5 heteroatoms. The minimum atomic E-state index is 0.262. The monoisotopic (exact) mass is 305 g/mol. The van der Waals surface area contributed by atoms with Crippen LogP contribution in [0.5, 0.6) is 11.5 Å². The molecule has 1 aromatic heterocycles. The minimum Gasteiger partial charge on any atom is -0.486 e. The average molecular weight is 305 g/mol. The van der Waals surface area contributed by atoms with Crippen LogP contribution in [-0.2, 0) is 13.0 Å². The standard InChI is InChI=1S/C18H15N3O2/c19-6-7-21-15-12-17-16(22-8-9-23-17)11-14(15)20-18(21)10-13-4-2-1-3-5-13/h1-5,11-12H,7-10H2. The van der Waals surface area contributed by atoms with Crippen molar-refractivity contribution in [1.82, 2.24) is 9.55 Å². The fraction of sp³-hybridized carbons (Fsp3) is 0.222. The van der Waals surface area contributed by atoms with Crippen molar-refractivity contribution in [2.75, 3.05) is 13.2 Å². The summed E-state index contributed by atoms with van der Waals surface area (Å²) in [5.41, 5.74) is 2.90. The van der Waals surface area contributed by atoms with Crippen LogP contribution in [0.2, 0.25) is 0 Å². The number of benzene rings is 2. The second kappa shape index (κ2) is 5.65. The molecular formula is C18H15N3O2. The van der Waals surface area contributed by atoms with Gasteiger partial charge in [-0.15, -0.1) is 0 Å². The number of fused-ring (bicyclic) bond motifs is 2. The van der Waals surface area contributed by atoms with Crippen LogP contribution >= 0.6 is 0 Å². The van der Waals surface area contributed by atoms with Gasteiger partial charge in [0.05, 0.1) is 17.1 Å². The summed E-state index contributed by atoms with van der Waals surface area (Å²) in [4.78, 5) is 4.71.